The molecule has 1 amide bonds. The van der Waals surface area contributed by atoms with Crippen LogP contribution in [0.2, 0.25) is 5.02 Å². The molecule has 0 aromatic heterocycles. The van der Waals surface area contributed by atoms with Crippen molar-refractivity contribution in [1.82, 2.24) is 4.90 Å². The minimum absolute atomic E-state index is 0.0856. The number of halogens is 3. The standard InChI is InChI=1S/C12H13ClF2N2O/c13-10-2-1-8(14)3-7(10)5-17-6-9(15)4-11(17)12(16)18/h1-3,9,11H,4-6H2,(H2,16,18)/t9-,11+/m1/s1. The fourth-order valence-corrected chi connectivity index (χ4v) is 2.38. The maximum atomic E-state index is 13.3. The summed E-state index contributed by atoms with van der Waals surface area (Å²) in [4.78, 5) is 12.8. The van der Waals surface area contributed by atoms with Crippen LogP contribution in [0.1, 0.15) is 12.0 Å². The van der Waals surface area contributed by atoms with Gasteiger partial charge in [-0.25, -0.2) is 8.78 Å². The first-order chi connectivity index (χ1) is 8.47. The van der Waals surface area contributed by atoms with Crippen LogP contribution in [-0.2, 0) is 11.3 Å². The molecule has 6 heteroatoms. The molecule has 0 spiro atoms. The molecule has 98 valence electrons. The van der Waals surface area contributed by atoms with Crippen LogP contribution in [0.5, 0.6) is 0 Å². The molecule has 2 N–H and O–H groups in total. The summed E-state index contributed by atoms with van der Waals surface area (Å²) >= 11 is 5.94. The van der Waals surface area contributed by atoms with Crippen molar-refractivity contribution in [2.45, 2.75) is 25.2 Å². The lowest BCUT2D eigenvalue weighted by Gasteiger charge is -2.21. The van der Waals surface area contributed by atoms with E-state index in [0.29, 0.717) is 10.6 Å². The van der Waals surface area contributed by atoms with Crippen LogP contribution in [-0.4, -0.2) is 29.6 Å². The van der Waals surface area contributed by atoms with Crippen LogP contribution >= 0.6 is 11.6 Å². The second kappa shape index (κ2) is 5.20. The number of alkyl halides is 1. The summed E-state index contributed by atoms with van der Waals surface area (Å²) in [6.45, 7) is 0.324. The fourth-order valence-electron chi connectivity index (χ4n) is 2.20. The third kappa shape index (κ3) is 2.79. The zero-order valence-corrected chi connectivity index (χ0v) is 10.3. The molecule has 3 nitrogen and oxygen atoms in total. The minimum atomic E-state index is -1.09. The molecule has 1 aliphatic heterocycles. The van der Waals surface area contributed by atoms with Gasteiger partial charge in [-0.05, 0) is 23.8 Å². The number of nitrogens with two attached hydrogens (primary N) is 1. The number of carbonyl (C=O) groups excluding carboxylic acids is 1. The molecule has 0 bridgehead atoms. The average Bonchev–Trinajstić information content (AvgIpc) is 2.65. The Kier molecular flexibility index (Phi) is 3.82. The Morgan fingerprint density at radius 1 is 1.56 bits per heavy atom. The van der Waals surface area contributed by atoms with E-state index in [2.05, 4.69) is 0 Å². The zero-order valence-electron chi connectivity index (χ0n) is 9.57. The number of nitrogens with zero attached hydrogens (tertiary/aromatic N) is 1. The fraction of sp³-hybridized carbons (Fsp3) is 0.417. The Morgan fingerprint density at radius 3 is 2.94 bits per heavy atom. The number of carbonyl (C=O) groups is 1. The normalized spacial score (nSPS) is 24.4. The summed E-state index contributed by atoms with van der Waals surface area (Å²) in [6.07, 6.45) is -1.00. The van der Waals surface area contributed by atoms with Crippen molar-refractivity contribution in [3.8, 4) is 0 Å². The largest absolute Gasteiger partial charge is 0.368 e. The van der Waals surface area contributed by atoms with Crippen LogP contribution in [0.3, 0.4) is 0 Å². The Hall–Kier alpha value is -1.20. The van der Waals surface area contributed by atoms with Crippen LogP contribution in [0, 0.1) is 5.82 Å². The van der Waals surface area contributed by atoms with E-state index in [-0.39, 0.29) is 19.5 Å². The summed E-state index contributed by atoms with van der Waals surface area (Å²) in [5, 5.41) is 0.391. The topological polar surface area (TPSA) is 46.3 Å². The molecular weight excluding hydrogens is 262 g/mol. The molecule has 0 saturated carbocycles. The summed E-state index contributed by atoms with van der Waals surface area (Å²) < 4.78 is 26.4. The highest BCUT2D eigenvalue weighted by Gasteiger charge is 2.35. The molecule has 1 aliphatic rings. The van der Waals surface area contributed by atoms with Crippen molar-refractivity contribution < 1.29 is 13.6 Å². The molecule has 1 saturated heterocycles. The van der Waals surface area contributed by atoms with Crippen LogP contribution in [0.25, 0.3) is 0 Å². The molecule has 1 heterocycles. The van der Waals surface area contributed by atoms with Gasteiger partial charge in [-0.1, -0.05) is 11.6 Å². The Morgan fingerprint density at radius 2 is 2.28 bits per heavy atom. The van der Waals surface area contributed by atoms with E-state index in [1.54, 1.807) is 4.90 Å². The predicted molar refractivity (Wildman–Crippen MR) is 64.3 cm³/mol. The van der Waals surface area contributed by atoms with Crippen molar-refractivity contribution in [2.24, 2.45) is 5.73 Å². The Labute approximate surface area is 109 Å². The second-order valence-electron chi connectivity index (χ2n) is 4.42. The lowest BCUT2D eigenvalue weighted by atomic mass is 10.1. The second-order valence-corrected chi connectivity index (χ2v) is 4.82. The maximum absolute atomic E-state index is 13.3. The first-order valence-corrected chi connectivity index (χ1v) is 5.96. The highest BCUT2D eigenvalue weighted by Crippen LogP contribution is 2.25. The van der Waals surface area contributed by atoms with Gasteiger partial charge in [-0.15, -0.1) is 0 Å². The van der Waals surface area contributed by atoms with E-state index >= 15 is 0 Å². The van der Waals surface area contributed by atoms with Crippen molar-refractivity contribution in [1.29, 1.82) is 0 Å². The van der Waals surface area contributed by atoms with Crippen LogP contribution in [0.4, 0.5) is 8.78 Å². The van der Waals surface area contributed by atoms with Gasteiger partial charge in [-0.2, -0.15) is 0 Å². The van der Waals surface area contributed by atoms with E-state index in [4.69, 9.17) is 17.3 Å². The first kappa shape index (κ1) is 13.2. The van der Waals surface area contributed by atoms with Gasteiger partial charge in [0, 0.05) is 24.5 Å². The van der Waals surface area contributed by atoms with Crippen molar-refractivity contribution in [3.05, 3.63) is 34.6 Å². The number of amides is 1. The van der Waals surface area contributed by atoms with Crippen LogP contribution < -0.4 is 5.73 Å². The van der Waals surface area contributed by atoms with E-state index in [9.17, 15) is 13.6 Å². The lowest BCUT2D eigenvalue weighted by molar-refractivity contribution is -0.122. The monoisotopic (exact) mass is 274 g/mol. The van der Waals surface area contributed by atoms with Gasteiger partial charge in [0.25, 0.3) is 0 Å². The molecular formula is C12H13ClF2N2O. The molecule has 1 aromatic rings. The maximum Gasteiger partial charge on any atom is 0.234 e. The molecule has 18 heavy (non-hydrogen) atoms. The molecule has 1 fully saturated rings. The van der Waals surface area contributed by atoms with E-state index in [0.717, 1.165) is 0 Å². The van der Waals surface area contributed by atoms with Gasteiger partial charge in [0.1, 0.15) is 12.0 Å². The van der Waals surface area contributed by atoms with E-state index in [1.165, 1.54) is 18.2 Å². The van der Waals surface area contributed by atoms with Gasteiger partial charge in [0.05, 0.1) is 6.04 Å². The van der Waals surface area contributed by atoms with Crippen LogP contribution in [0.15, 0.2) is 18.2 Å². The van der Waals surface area contributed by atoms with Crippen molar-refractivity contribution in [2.75, 3.05) is 6.54 Å². The summed E-state index contributed by atoms with van der Waals surface area (Å²) in [5.41, 5.74) is 5.74. The molecule has 0 unspecified atom stereocenters. The van der Waals surface area contributed by atoms with Gasteiger partial charge in [0.15, 0.2) is 0 Å². The molecule has 1 aromatic carbocycles. The quantitative estimate of drug-likeness (QED) is 0.915. The molecule has 2 atom stereocenters. The summed E-state index contributed by atoms with van der Waals surface area (Å²) in [7, 11) is 0. The van der Waals surface area contributed by atoms with Gasteiger partial charge in [0.2, 0.25) is 5.91 Å². The number of hydrogen-bond acceptors (Lipinski definition) is 2. The lowest BCUT2D eigenvalue weighted by Crippen LogP contribution is -2.39. The highest BCUT2D eigenvalue weighted by molar-refractivity contribution is 6.31. The third-order valence-electron chi connectivity index (χ3n) is 3.06. The number of primary amides is 1. The average molecular weight is 275 g/mol. The van der Waals surface area contributed by atoms with Gasteiger partial charge < -0.3 is 5.73 Å². The molecule has 0 aliphatic carbocycles. The summed E-state index contributed by atoms with van der Waals surface area (Å²) in [5.74, 6) is -0.983. The SMILES string of the molecule is NC(=O)[C@@H]1C[C@@H](F)CN1Cc1cc(F)ccc1Cl. The molecule has 2 rings (SSSR count). The van der Waals surface area contributed by atoms with Gasteiger partial charge >= 0.3 is 0 Å². The number of benzene rings is 1. The number of hydrogen-bond donors (Lipinski definition) is 1. The van der Waals surface area contributed by atoms with Crippen molar-refractivity contribution in [3.63, 3.8) is 0 Å². The Bertz CT molecular complexity index is 469. The first-order valence-electron chi connectivity index (χ1n) is 5.58. The summed E-state index contributed by atoms with van der Waals surface area (Å²) in [6, 6.07) is 3.32. The van der Waals surface area contributed by atoms with Gasteiger partial charge in [-0.3, -0.25) is 9.69 Å². The number of likely N-dealkylation sites (tertiary alicyclic amines) is 1. The zero-order chi connectivity index (χ0) is 13.3. The number of rotatable bonds is 3. The van der Waals surface area contributed by atoms with E-state index < -0.39 is 23.9 Å². The molecule has 0 radical (unpaired) electrons. The Balaban J connectivity index is 2.17. The third-order valence-corrected chi connectivity index (χ3v) is 3.43. The highest BCUT2D eigenvalue weighted by atomic mass is 35.5. The predicted octanol–water partition coefficient (Wildman–Crippen LogP) is 1.88. The minimum Gasteiger partial charge on any atom is -0.368 e. The van der Waals surface area contributed by atoms with E-state index in [1.807, 2.05) is 0 Å². The smallest absolute Gasteiger partial charge is 0.234 e. The van der Waals surface area contributed by atoms with Crippen molar-refractivity contribution >= 4 is 17.5 Å².